The molecule has 0 spiro atoms. The van der Waals surface area contributed by atoms with Crippen LogP contribution in [0.5, 0.6) is 0 Å². The highest BCUT2D eigenvalue weighted by Gasteiger charge is 2.34. The molecule has 2 N–H and O–H groups in total. The standard InChI is InChI=1S/C22H27FN4O4S/c23-17-7-4-8-18(12-17)25-21(28)16-6-5-11-27(15-16)32(30,31)19-13-20(24-14-19)22(29)26-9-2-1-3-10-26/h4,7-8,12-14,16,24H,1-3,5-6,9-11,15H2,(H,25,28)/t16-/m1/s1. The predicted molar refractivity (Wildman–Crippen MR) is 117 cm³/mol. The number of carbonyl (C=O) groups is 2. The summed E-state index contributed by atoms with van der Waals surface area (Å²) in [6.07, 6.45) is 5.40. The van der Waals surface area contributed by atoms with E-state index in [0.29, 0.717) is 38.2 Å². The average Bonchev–Trinajstić information content (AvgIpc) is 3.30. The average molecular weight is 463 g/mol. The largest absolute Gasteiger partial charge is 0.356 e. The van der Waals surface area contributed by atoms with Crippen molar-refractivity contribution in [1.29, 1.82) is 0 Å². The fraction of sp³-hybridized carbons (Fsp3) is 0.455. The van der Waals surface area contributed by atoms with E-state index >= 15 is 0 Å². The van der Waals surface area contributed by atoms with Crippen molar-refractivity contribution in [2.45, 2.75) is 37.0 Å². The Morgan fingerprint density at radius 3 is 2.59 bits per heavy atom. The van der Waals surface area contributed by atoms with Gasteiger partial charge in [0, 0.05) is 38.1 Å². The Hall–Kier alpha value is -2.72. The van der Waals surface area contributed by atoms with Crippen molar-refractivity contribution in [3.8, 4) is 0 Å². The van der Waals surface area contributed by atoms with Crippen LogP contribution in [0.2, 0.25) is 0 Å². The molecule has 2 aromatic rings. The van der Waals surface area contributed by atoms with Gasteiger partial charge in [-0.3, -0.25) is 9.59 Å². The van der Waals surface area contributed by atoms with Gasteiger partial charge in [-0.15, -0.1) is 0 Å². The van der Waals surface area contributed by atoms with Crippen molar-refractivity contribution in [3.63, 3.8) is 0 Å². The molecule has 32 heavy (non-hydrogen) atoms. The van der Waals surface area contributed by atoms with E-state index in [2.05, 4.69) is 10.3 Å². The van der Waals surface area contributed by atoms with Crippen LogP contribution in [0.4, 0.5) is 10.1 Å². The van der Waals surface area contributed by atoms with Crippen molar-refractivity contribution in [2.24, 2.45) is 5.92 Å². The number of carbonyl (C=O) groups excluding carboxylic acids is 2. The number of H-pyrrole nitrogens is 1. The summed E-state index contributed by atoms with van der Waals surface area (Å²) in [6, 6.07) is 6.96. The molecule has 0 saturated carbocycles. The molecule has 2 fully saturated rings. The number of anilines is 1. The van der Waals surface area contributed by atoms with E-state index in [-0.39, 0.29) is 28.9 Å². The van der Waals surface area contributed by atoms with E-state index in [1.165, 1.54) is 34.8 Å². The summed E-state index contributed by atoms with van der Waals surface area (Å²) >= 11 is 0. The van der Waals surface area contributed by atoms with Crippen LogP contribution >= 0.6 is 0 Å². The molecule has 1 aromatic heterocycles. The first-order valence-electron chi connectivity index (χ1n) is 10.9. The monoisotopic (exact) mass is 462 g/mol. The number of aromatic nitrogens is 1. The van der Waals surface area contributed by atoms with Gasteiger partial charge in [0.25, 0.3) is 5.91 Å². The van der Waals surface area contributed by atoms with Gasteiger partial charge < -0.3 is 15.2 Å². The molecule has 4 rings (SSSR count). The Morgan fingerprint density at radius 2 is 1.84 bits per heavy atom. The predicted octanol–water partition coefficient (Wildman–Crippen LogP) is 2.82. The lowest BCUT2D eigenvalue weighted by Gasteiger charge is -2.31. The molecule has 0 bridgehead atoms. The van der Waals surface area contributed by atoms with Crippen LogP contribution < -0.4 is 5.32 Å². The Kier molecular flexibility index (Phi) is 6.61. The first-order chi connectivity index (χ1) is 15.3. The van der Waals surface area contributed by atoms with Crippen LogP contribution in [0.15, 0.2) is 41.4 Å². The Labute approximate surface area is 186 Å². The molecular formula is C22H27FN4O4S. The number of nitrogens with zero attached hydrogens (tertiary/aromatic N) is 2. The van der Waals surface area contributed by atoms with Gasteiger partial charge in [-0.05, 0) is 56.4 Å². The zero-order chi connectivity index (χ0) is 22.7. The number of amides is 2. The maximum atomic E-state index is 13.4. The van der Waals surface area contributed by atoms with E-state index in [1.54, 1.807) is 11.0 Å². The zero-order valence-corrected chi connectivity index (χ0v) is 18.5. The molecule has 2 saturated heterocycles. The fourth-order valence-electron chi connectivity index (χ4n) is 4.25. The minimum absolute atomic E-state index is 0.0176. The molecule has 2 aliphatic rings. The molecule has 2 aliphatic heterocycles. The SMILES string of the molecule is O=C(Nc1cccc(F)c1)[C@@H]1CCCN(S(=O)(=O)c2c[nH]c(C(=O)N3CCCCC3)c2)C1. The molecule has 172 valence electrons. The number of hydrogen-bond acceptors (Lipinski definition) is 4. The number of hydrogen-bond donors (Lipinski definition) is 2. The summed E-state index contributed by atoms with van der Waals surface area (Å²) in [5.41, 5.74) is 0.587. The number of rotatable bonds is 5. The van der Waals surface area contributed by atoms with Crippen molar-refractivity contribution in [2.75, 3.05) is 31.5 Å². The minimum atomic E-state index is -3.86. The van der Waals surface area contributed by atoms with Crippen molar-refractivity contribution in [1.82, 2.24) is 14.2 Å². The van der Waals surface area contributed by atoms with Gasteiger partial charge >= 0.3 is 0 Å². The molecule has 8 nitrogen and oxygen atoms in total. The van der Waals surface area contributed by atoms with Crippen LogP contribution in [0.25, 0.3) is 0 Å². The third-order valence-electron chi connectivity index (χ3n) is 6.02. The van der Waals surface area contributed by atoms with E-state index in [0.717, 1.165) is 19.3 Å². The number of likely N-dealkylation sites (tertiary alicyclic amines) is 1. The van der Waals surface area contributed by atoms with E-state index in [4.69, 9.17) is 0 Å². The lowest BCUT2D eigenvalue weighted by molar-refractivity contribution is -0.120. The molecule has 0 radical (unpaired) electrons. The summed E-state index contributed by atoms with van der Waals surface area (Å²) < 4.78 is 41.0. The Bertz CT molecular complexity index is 1090. The zero-order valence-electron chi connectivity index (χ0n) is 17.7. The third-order valence-corrected chi connectivity index (χ3v) is 7.86. The lowest BCUT2D eigenvalue weighted by Crippen LogP contribution is -2.43. The van der Waals surface area contributed by atoms with Gasteiger partial charge in [-0.1, -0.05) is 6.07 Å². The fourth-order valence-corrected chi connectivity index (χ4v) is 5.77. The number of sulfonamides is 1. The smallest absolute Gasteiger partial charge is 0.270 e. The molecule has 1 atom stereocenters. The Balaban J connectivity index is 1.44. The van der Waals surface area contributed by atoms with Crippen molar-refractivity contribution >= 4 is 27.5 Å². The molecule has 0 unspecified atom stereocenters. The summed E-state index contributed by atoms with van der Waals surface area (Å²) in [5, 5.41) is 2.66. The third kappa shape index (κ3) is 4.86. The van der Waals surface area contributed by atoms with E-state index in [9.17, 15) is 22.4 Å². The topological polar surface area (TPSA) is 103 Å². The highest BCUT2D eigenvalue weighted by Crippen LogP contribution is 2.26. The van der Waals surface area contributed by atoms with Gasteiger partial charge in [-0.2, -0.15) is 4.31 Å². The van der Waals surface area contributed by atoms with Crippen molar-refractivity contribution in [3.05, 3.63) is 48.0 Å². The first kappa shape index (κ1) is 22.5. The highest BCUT2D eigenvalue weighted by atomic mass is 32.2. The van der Waals surface area contributed by atoms with Crippen LogP contribution in [0.3, 0.4) is 0 Å². The molecule has 1 aromatic carbocycles. The quantitative estimate of drug-likeness (QED) is 0.713. The molecular weight excluding hydrogens is 435 g/mol. The summed E-state index contributed by atoms with van der Waals surface area (Å²) in [7, 11) is -3.86. The normalized spacial score (nSPS) is 20.2. The number of nitrogens with one attached hydrogen (secondary N) is 2. The van der Waals surface area contributed by atoms with Gasteiger partial charge in [0.1, 0.15) is 16.4 Å². The van der Waals surface area contributed by atoms with Crippen LogP contribution in [-0.2, 0) is 14.8 Å². The van der Waals surface area contributed by atoms with Gasteiger partial charge in [-0.25, -0.2) is 12.8 Å². The number of aromatic amines is 1. The Morgan fingerprint density at radius 1 is 1.06 bits per heavy atom. The van der Waals surface area contributed by atoms with E-state index < -0.39 is 21.8 Å². The summed E-state index contributed by atoms with van der Waals surface area (Å²) in [5.74, 6) is -1.55. The second kappa shape index (κ2) is 9.41. The summed E-state index contributed by atoms with van der Waals surface area (Å²) in [4.78, 5) is 29.9. The van der Waals surface area contributed by atoms with Crippen LogP contribution in [0.1, 0.15) is 42.6 Å². The minimum Gasteiger partial charge on any atom is -0.356 e. The molecule has 0 aliphatic carbocycles. The highest BCUT2D eigenvalue weighted by molar-refractivity contribution is 7.89. The van der Waals surface area contributed by atoms with Gasteiger partial charge in [0.2, 0.25) is 15.9 Å². The van der Waals surface area contributed by atoms with Gasteiger partial charge in [0.05, 0.1) is 5.92 Å². The van der Waals surface area contributed by atoms with Gasteiger partial charge in [0.15, 0.2) is 0 Å². The molecule has 3 heterocycles. The summed E-state index contributed by atoms with van der Waals surface area (Å²) in [6.45, 7) is 1.68. The lowest BCUT2D eigenvalue weighted by atomic mass is 9.99. The number of halogens is 1. The number of piperidine rings is 2. The van der Waals surface area contributed by atoms with E-state index in [1.807, 2.05) is 0 Å². The molecule has 2 amide bonds. The second-order valence-electron chi connectivity index (χ2n) is 8.30. The maximum absolute atomic E-state index is 13.4. The van der Waals surface area contributed by atoms with Crippen LogP contribution in [0, 0.1) is 11.7 Å². The van der Waals surface area contributed by atoms with Crippen LogP contribution in [-0.4, -0.2) is 60.6 Å². The van der Waals surface area contributed by atoms with Crippen molar-refractivity contribution < 1.29 is 22.4 Å². The first-order valence-corrected chi connectivity index (χ1v) is 12.3. The second-order valence-corrected chi connectivity index (χ2v) is 10.2. The molecule has 10 heteroatoms. The number of benzene rings is 1. The maximum Gasteiger partial charge on any atom is 0.270 e.